The van der Waals surface area contributed by atoms with Crippen molar-refractivity contribution in [1.82, 2.24) is 0 Å². The normalized spacial score (nSPS) is 18.5. The largest absolute Gasteiger partial charge is 0.497 e. The number of rotatable bonds is 10. The second kappa shape index (κ2) is 12.9. The lowest BCUT2D eigenvalue weighted by molar-refractivity contribution is -0.153. The van der Waals surface area contributed by atoms with Gasteiger partial charge in [0.05, 0.1) is 26.1 Å². The van der Waals surface area contributed by atoms with E-state index in [1.807, 2.05) is 0 Å². The van der Waals surface area contributed by atoms with Gasteiger partial charge in [0.15, 0.2) is 11.6 Å². The fourth-order valence-electron chi connectivity index (χ4n) is 5.66. The van der Waals surface area contributed by atoms with E-state index in [-0.39, 0.29) is 24.4 Å². The molecular formula is C34H34ClNO7. The van der Waals surface area contributed by atoms with Gasteiger partial charge in [-0.05, 0) is 84.5 Å². The standard InChI is InChI=1S/C34H34ClNO7/c1-19-16-22(35)10-15-27(19)36-33(41)32(40)29-31(39)26(28(37)18-34(29,2)3)17-25(20-6-11-23(42-4)12-7-20)30(38)21-8-13-24(43-5)14-9-21/h6-16,25-26,29H,17-18H2,1-5H3,(H,36,41). The summed E-state index contributed by atoms with van der Waals surface area (Å²) in [6.45, 7) is 4.99. The summed E-state index contributed by atoms with van der Waals surface area (Å²) in [5.74, 6) is -5.53. The maximum atomic E-state index is 14.0. The van der Waals surface area contributed by atoms with Crippen molar-refractivity contribution in [2.45, 2.75) is 39.5 Å². The van der Waals surface area contributed by atoms with E-state index in [0.717, 1.165) is 0 Å². The number of halogens is 1. The number of carbonyl (C=O) groups is 5. The molecule has 3 aromatic carbocycles. The van der Waals surface area contributed by atoms with E-state index >= 15 is 0 Å². The number of methoxy groups -OCH3 is 2. The first kappa shape index (κ1) is 31.6. The Morgan fingerprint density at radius 2 is 1.51 bits per heavy atom. The molecule has 0 heterocycles. The van der Waals surface area contributed by atoms with Crippen molar-refractivity contribution in [2.24, 2.45) is 17.3 Å². The summed E-state index contributed by atoms with van der Waals surface area (Å²) < 4.78 is 10.5. The summed E-state index contributed by atoms with van der Waals surface area (Å²) in [6.07, 6.45) is -0.244. The van der Waals surface area contributed by atoms with Crippen LogP contribution in [0.25, 0.3) is 0 Å². The van der Waals surface area contributed by atoms with Gasteiger partial charge in [-0.25, -0.2) is 0 Å². The monoisotopic (exact) mass is 603 g/mol. The van der Waals surface area contributed by atoms with E-state index in [4.69, 9.17) is 21.1 Å². The van der Waals surface area contributed by atoms with Crippen LogP contribution in [0.15, 0.2) is 66.7 Å². The average Bonchev–Trinajstić information content (AvgIpc) is 2.97. The smallest absolute Gasteiger partial charge is 0.292 e. The van der Waals surface area contributed by atoms with Gasteiger partial charge in [-0.15, -0.1) is 0 Å². The first-order valence-corrected chi connectivity index (χ1v) is 14.2. The minimum Gasteiger partial charge on any atom is -0.497 e. The first-order chi connectivity index (χ1) is 20.4. The zero-order valence-corrected chi connectivity index (χ0v) is 25.5. The van der Waals surface area contributed by atoms with Crippen LogP contribution in [0.3, 0.4) is 0 Å². The second-order valence-electron chi connectivity index (χ2n) is 11.5. The molecule has 0 bridgehead atoms. The molecular weight excluding hydrogens is 570 g/mol. The first-order valence-electron chi connectivity index (χ1n) is 13.9. The number of Topliss-reactive ketones (excluding diaryl/α,β-unsaturated/α-hetero) is 4. The van der Waals surface area contributed by atoms with Crippen molar-refractivity contribution >= 4 is 46.3 Å². The summed E-state index contributed by atoms with van der Waals surface area (Å²) in [6, 6.07) is 18.2. The third-order valence-corrected chi connectivity index (χ3v) is 8.27. The number of ether oxygens (including phenoxy) is 2. The third kappa shape index (κ3) is 6.86. The summed E-state index contributed by atoms with van der Waals surface area (Å²) in [7, 11) is 3.05. The molecule has 43 heavy (non-hydrogen) atoms. The minimum absolute atomic E-state index is 0.0981. The van der Waals surface area contributed by atoms with E-state index in [1.54, 1.807) is 87.5 Å². The van der Waals surface area contributed by atoms with E-state index in [1.165, 1.54) is 14.2 Å². The molecule has 1 aliphatic carbocycles. The molecule has 3 aromatic rings. The van der Waals surface area contributed by atoms with Crippen molar-refractivity contribution in [3.8, 4) is 11.5 Å². The predicted octanol–water partition coefficient (Wildman–Crippen LogP) is 6.03. The number of benzene rings is 3. The Morgan fingerprint density at radius 1 is 0.930 bits per heavy atom. The predicted molar refractivity (Wildman–Crippen MR) is 163 cm³/mol. The molecule has 1 N–H and O–H groups in total. The number of amides is 1. The Labute approximate surface area is 255 Å². The van der Waals surface area contributed by atoms with Crippen molar-refractivity contribution in [3.05, 3.63) is 88.4 Å². The maximum absolute atomic E-state index is 14.0. The number of nitrogens with one attached hydrogen (secondary N) is 1. The lowest BCUT2D eigenvalue weighted by Gasteiger charge is -2.39. The van der Waals surface area contributed by atoms with Crippen LogP contribution < -0.4 is 14.8 Å². The van der Waals surface area contributed by atoms with Crippen LogP contribution in [0.4, 0.5) is 5.69 Å². The Balaban J connectivity index is 1.65. The molecule has 0 saturated heterocycles. The van der Waals surface area contributed by atoms with Crippen LogP contribution in [0.1, 0.15) is 54.1 Å². The SMILES string of the molecule is COc1ccc(C(=O)C(CC2C(=O)CC(C)(C)C(C(=O)C(=O)Nc3ccc(Cl)cc3C)C2=O)c2ccc(OC)cc2)cc1. The third-order valence-electron chi connectivity index (χ3n) is 8.03. The Hall–Kier alpha value is -4.30. The molecule has 3 unspecified atom stereocenters. The van der Waals surface area contributed by atoms with Gasteiger partial charge in [-0.3, -0.25) is 24.0 Å². The van der Waals surface area contributed by atoms with Gasteiger partial charge in [-0.2, -0.15) is 0 Å². The quantitative estimate of drug-likeness (QED) is 0.171. The molecule has 0 aliphatic heterocycles. The Kier molecular flexibility index (Phi) is 9.50. The number of aryl methyl sites for hydroxylation is 1. The van der Waals surface area contributed by atoms with Crippen LogP contribution in [-0.2, 0) is 19.2 Å². The fraction of sp³-hybridized carbons (Fsp3) is 0.324. The van der Waals surface area contributed by atoms with Crippen LogP contribution in [0.5, 0.6) is 11.5 Å². The van der Waals surface area contributed by atoms with Gasteiger partial charge in [0.25, 0.3) is 5.91 Å². The molecule has 1 aliphatic rings. The van der Waals surface area contributed by atoms with E-state index in [0.29, 0.717) is 38.9 Å². The van der Waals surface area contributed by atoms with Gasteiger partial charge < -0.3 is 14.8 Å². The summed E-state index contributed by atoms with van der Waals surface area (Å²) in [5.41, 5.74) is 0.911. The maximum Gasteiger partial charge on any atom is 0.292 e. The van der Waals surface area contributed by atoms with Gasteiger partial charge >= 0.3 is 0 Å². The van der Waals surface area contributed by atoms with Gasteiger partial charge in [0.2, 0.25) is 5.78 Å². The van der Waals surface area contributed by atoms with E-state index in [9.17, 15) is 24.0 Å². The molecule has 224 valence electrons. The number of ketones is 4. The molecule has 0 radical (unpaired) electrons. The number of anilines is 1. The topological polar surface area (TPSA) is 116 Å². The second-order valence-corrected chi connectivity index (χ2v) is 11.9. The van der Waals surface area contributed by atoms with Crippen molar-refractivity contribution in [3.63, 3.8) is 0 Å². The fourth-order valence-corrected chi connectivity index (χ4v) is 5.88. The van der Waals surface area contributed by atoms with Crippen LogP contribution in [0.2, 0.25) is 5.02 Å². The molecule has 0 aromatic heterocycles. The number of hydrogen-bond donors (Lipinski definition) is 1. The van der Waals surface area contributed by atoms with Crippen molar-refractivity contribution in [1.29, 1.82) is 0 Å². The lowest BCUT2D eigenvalue weighted by atomic mass is 9.60. The van der Waals surface area contributed by atoms with Gasteiger partial charge in [0.1, 0.15) is 17.3 Å². The number of carbonyl (C=O) groups excluding carboxylic acids is 5. The minimum atomic E-state index is -1.37. The Bertz CT molecular complexity index is 1560. The highest BCUT2D eigenvalue weighted by Crippen LogP contribution is 2.43. The van der Waals surface area contributed by atoms with Crippen molar-refractivity contribution < 1.29 is 33.4 Å². The summed E-state index contributed by atoms with van der Waals surface area (Å²) in [4.78, 5) is 67.9. The average molecular weight is 604 g/mol. The molecule has 9 heteroatoms. The molecule has 1 saturated carbocycles. The Morgan fingerprint density at radius 3 is 2.07 bits per heavy atom. The van der Waals surface area contributed by atoms with E-state index in [2.05, 4.69) is 5.32 Å². The van der Waals surface area contributed by atoms with Gasteiger partial charge in [-0.1, -0.05) is 37.6 Å². The lowest BCUT2D eigenvalue weighted by Crippen LogP contribution is -2.52. The molecule has 1 amide bonds. The molecule has 3 atom stereocenters. The highest BCUT2D eigenvalue weighted by Gasteiger charge is 2.53. The highest BCUT2D eigenvalue weighted by atomic mass is 35.5. The molecule has 0 spiro atoms. The highest BCUT2D eigenvalue weighted by molar-refractivity contribution is 6.45. The van der Waals surface area contributed by atoms with Crippen LogP contribution in [0, 0.1) is 24.2 Å². The summed E-state index contributed by atoms with van der Waals surface area (Å²) in [5, 5.41) is 3.06. The summed E-state index contributed by atoms with van der Waals surface area (Å²) >= 11 is 6.01. The molecule has 1 fully saturated rings. The zero-order valence-electron chi connectivity index (χ0n) is 24.7. The molecule has 8 nitrogen and oxygen atoms in total. The number of hydrogen-bond acceptors (Lipinski definition) is 7. The van der Waals surface area contributed by atoms with Crippen LogP contribution >= 0.6 is 11.6 Å². The zero-order chi connectivity index (χ0) is 31.5. The van der Waals surface area contributed by atoms with Crippen LogP contribution in [-0.4, -0.2) is 43.3 Å². The van der Waals surface area contributed by atoms with Gasteiger partial charge in [0, 0.05) is 28.6 Å². The molecule has 4 rings (SSSR count). The van der Waals surface area contributed by atoms with Crippen molar-refractivity contribution in [2.75, 3.05) is 19.5 Å². The van der Waals surface area contributed by atoms with E-state index < -0.39 is 40.6 Å².